The van der Waals surface area contributed by atoms with Gasteiger partial charge < -0.3 is 9.41 Å². The van der Waals surface area contributed by atoms with Crippen molar-refractivity contribution in [1.82, 2.24) is 0 Å². The molecule has 0 bridgehead atoms. The molecule has 0 aliphatic heterocycles. The Kier molecular flexibility index (Phi) is 67.1. The number of rotatable bonds is 0. The molecule has 0 saturated heterocycles. The molecule has 5 heavy (non-hydrogen) atoms. The van der Waals surface area contributed by atoms with Crippen LogP contribution in [-0.4, -0.2) is 13.6 Å². The molecule has 0 unspecified atom stereocenters. The summed E-state index contributed by atoms with van der Waals surface area (Å²) in [5, 5.41) is 0. The molecule has 32 valence electrons. The number of hydrogen-bond donors (Lipinski definition) is 0. The van der Waals surface area contributed by atoms with Crippen molar-refractivity contribution in [2.24, 2.45) is 0 Å². The van der Waals surface area contributed by atoms with Crippen LogP contribution in [0.2, 0.25) is 0 Å². The third-order valence-electron chi connectivity index (χ3n) is 0. The van der Waals surface area contributed by atoms with E-state index in [-0.39, 0.29) is 9.41 Å². The molecule has 0 spiro atoms. The van der Waals surface area contributed by atoms with E-state index >= 15 is 0 Å². The Hall–Kier alpha value is 0.983. The van der Waals surface area contributed by atoms with Gasteiger partial charge in [-0.2, -0.15) is 0 Å². The predicted octanol–water partition coefficient (Wildman–Crippen LogP) is -4.99. The molecule has 0 aromatic heterocycles. The van der Waals surface area contributed by atoms with Crippen LogP contribution in [0.1, 0.15) is 0 Å². The molecular formula is Cl2F2Ge. The molecule has 0 nitrogen and oxygen atoms in total. The van der Waals surface area contributed by atoms with Crippen LogP contribution in [0.15, 0.2) is 0 Å². The van der Waals surface area contributed by atoms with Crippen molar-refractivity contribution in [3.8, 4) is 0 Å². The van der Waals surface area contributed by atoms with Gasteiger partial charge in [0.05, 0.1) is 0 Å². The summed E-state index contributed by atoms with van der Waals surface area (Å²) in [6.45, 7) is 0. The maximum atomic E-state index is 4.89. The van der Waals surface area contributed by atoms with Gasteiger partial charge in [-0.05, 0) is 0 Å². The molecule has 0 aromatic rings. The summed E-state index contributed by atoms with van der Waals surface area (Å²) >= 11 is -0.556. The quantitative estimate of drug-likeness (QED) is 0.329. The maximum Gasteiger partial charge on any atom is -1.00 e. The van der Waals surface area contributed by atoms with Gasteiger partial charge in [-0.15, -0.1) is 0 Å². The first-order chi connectivity index (χ1) is 1.41. The first-order valence-corrected chi connectivity index (χ1v) is 5.89. The summed E-state index contributed by atoms with van der Waals surface area (Å²) in [6, 6.07) is 0. The van der Waals surface area contributed by atoms with Crippen LogP contribution in [0.4, 0.5) is 0 Å². The van der Waals surface area contributed by atoms with Crippen molar-refractivity contribution >= 4 is 33.6 Å². The molecule has 5 heteroatoms. The fourth-order valence-electron chi connectivity index (χ4n) is 0. The van der Waals surface area contributed by atoms with Gasteiger partial charge in [0, 0.05) is 0 Å². The van der Waals surface area contributed by atoms with Gasteiger partial charge in [0.25, 0.3) is 0 Å². The summed E-state index contributed by atoms with van der Waals surface area (Å²) in [7, 11) is 9.78. The zero-order valence-electron chi connectivity index (χ0n) is 2.01. The molecule has 0 atom stereocenters. The van der Waals surface area contributed by atoms with Crippen LogP contribution in [0.5, 0.6) is 0 Å². The van der Waals surface area contributed by atoms with Gasteiger partial charge in [-0.1, -0.05) is 0 Å². The molecule has 0 N–H and O–H groups in total. The average molecular weight is 182 g/mol. The van der Waals surface area contributed by atoms with Crippen molar-refractivity contribution in [1.29, 1.82) is 0 Å². The van der Waals surface area contributed by atoms with Crippen molar-refractivity contribution in [2.45, 2.75) is 0 Å². The zero-order valence-corrected chi connectivity index (χ0v) is 5.62. The Morgan fingerprint density at radius 1 is 1.00 bits per heavy atom. The molecule has 0 radical (unpaired) electrons. The minimum Gasteiger partial charge on any atom is -1.00 e. The fraction of sp³-hybridized carbons (Fsp3) is 0. The van der Waals surface area contributed by atoms with E-state index in [1.54, 1.807) is 0 Å². The van der Waals surface area contributed by atoms with E-state index < -0.39 is 13.6 Å². The molecule has 0 fully saturated rings. The van der Waals surface area contributed by atoms with E-state index in [2.05, 4.69) is 0 Å². The molecule has 0 heterocycles. The van der Waals surface area contributed by atoms with E-state index in [0.717, 1.165) is 0 Å². The summed E-state index contributed by atoms with van der Waals surface area (Å²) in [5.41, 5.74) is 0. The minimum atomic E-state index is -0.556. The zero-order chi connectivity index (χ0) is 2.71. The maximum absolute atomic E-state index is 4.89. The van der Waals surface area contributed by atoms with Gasteiger partial charge >= 0.3 is 33.6 Å². The molecule has 0 rings (SSSR count). The van der Waals surface area contributed by atoms with Crippen LogP contribution >= 0.6 is 20.0 Å². The van der Waals surface area contributed by atoms with E-state index in [1.165, 1.54) is 0 Å². The van der Waals surface area contributed by atoms with Crippen LogP contribution < -0.4 is 9.41 Å². The van der Waals surface area contributed by atoms with Crippen LogP contribution in [0, 0.1) is 0 Å². The average Bonchev–Trinajstić information content (AvgIpc) is 0.918. The second-order valence-electron chi connectivity index (χ2n) is 0.0714. The van der Waals surface area contributed by atoms with Gasteiger partial charge in [-0.25, -0.2) is 0 Å². The van der Waals surface area contributed by atoms with Crippen LogP contribution in [0.25, 0.3) is 0 Å². The van der Waals surface area contributed by atoms with Crippen molar-refractivity contribution in [3.05, 3.63) is 0 Å². The largest absolute Gasteiger partial charge is 1.00 e. The van der Waals surface area contributed by atoms with Crippen molar-refractivity contribution in [2.75, 3.05) is 0 Å². The predicted molar refractivity (Wildman–Crippen MR) is 17.5 cm³/mol. The summed E-state index contributed by atoms with van der Waals surface area (Å²) in [4.78, 5) is 0. The standard InChI is InChI=1S/Cl2Ge.2FH/c1-3-2;;/h;2*1H/q+2;;/p-2. The Morgan fingerprint density at radius 3 is 1.00 bits per heavy atom. The molecule has 0 aliphatic rings. The third kappa shape index (κ3) is 45.9. The summed E-state index contributed by atoms with van der Waals surface area (Å²) in [5.74, 6) is 0. The van der Waals surface area contributed by atoms with E-state index in [0.29, 0.717) is 0 Å². The monoisotopic (exact) mass is 182 g/mol. The number of hydrogen-bond acceptors (Lipinski definition) is 0. The SMILES string of the molecule is [Cl][Ge+2][Cl].[F-].[F-]. The topological polar surface area (TPSA) is 0 Å². The molecule has 0 aliphatic carbocycles. The molecular weight excluding hydrogens is 182 g/mol. The van der Waals surface area contributed by atoms with Gasteiger partial charge in [0.1, 0.15) is 0 Å². The van der Waals surface area contributed by atoms with E-state index in [1.807, 2.05) is 0 Å². The van der Waals surface area contributed by atoms with Crippen molar-refractivity contribution in [3.63, 3.8) is 0 Å². The Bertz CT molecular complexity index is 7.61. The Morgan fingerprint density at radius 2 is 1.00 bits per heavy atom. The second-order valence-corrected chi connectivity index (χ2v) is 3.34. The van der Waals surface area contributed by atoms with Crippen LogP contribution in [0.3, 0.4) is 0 Å². The summed E-state index contributed by atoms with van der Waals surface area (Å²) in [6.07, 6.45) is 0. The minimum absolute atomic E-state index is 0. The number of halogens is 4. The van der Waals surface area contributed by atoms with Gasteiger partial charge in [-0.3, -0.25) is 0 Å². The normalized spacial score (nSPS) is 2.00. The molecule has 0 amide bonds. The Balaban J connectivity index is -0.0000000200. The van der Waals surface area contributed by atoms with E-state index in [9.17, 15) is 0 Å². The molecule has 0 aromatic carbocycles. The fourth-order valence-corrected chi connectivity index (χ4v) is 0. The first-order valence-electron chi connectivity index (χ1n) is 0.378. The smallest absolute Gasteiger partial charge is 1.00 e. The van der Waals surface area contributed by atoms with Gasteiger partial charge in [0.2, 0.25) is 0 Å². The second kappa shape index (κ2) is 20.1. The Labute approximate surface area is 43.4 Å². The van der Waals surface area contributed by atoms with E-state index in [4.69, 9.17) is 20.0 Å². The third-order valence-corrected chi connectivity index (χ3v) is 0. The first kappa shape index (κ1) is 16.7. The van der Waals surface area contributed by atoms with Gasteiger partial charge in [0.15, 0.2) is 0 Å². The van der Waals surface area contributed by atoms with Crippen molar-refractivity contribution < 1.29 is 9.41 Å². The molecule has 0 saturated carbocycles. The van der Waals surface area contributed by atoms with Crippen LogP contribution in [-0.2, 0) is 0 Å². The summed E-state index contributed by atoms with van der Waals surface area (Å²) < 4.78 is 0.